The van der Waals surface area contributed by atoms with E-state index >= 15 is 0 Å². The van der Waals surface area contributed by atoms with E-state index in [1.165, 1.54) is 99.1 Å². The van der Waals surface area contributed by atoms with Crippen molar-refractivity contribution < 1.29 is 0 Å². The Labute approximate surface area is 286 Å². The van der Waals surface area contributed by atoms with E-state index in [1.54, 1.807) is 0 Å². The van der Waals surface area contributed by atoms with E-state index in [9.17, 15) is 0 Å². The van der Waals surface area contributed by atoms with Gasteiger partial charge < -0.3 is 4.57 Å². The third kappa shape index (κ3) is 4.32. The van der Waals surface area contributed by atoms with Crippen molar-refractivity contribution in [1.82, 2.24) is 4.57 Å². The molecule has 10 rings (SSSR count). The summed E-state index contributed by atoms with van der Waals surface area (Å²) in [6, 6.07) is 58.6. The molecule has 49 heavy (non-hydrogen) atoms. The van der Waals surface area contributed by atoms with Gasteiger partial charge in [-0.1, -0.05) is 140 Å². The van der Waals surface area contributed by atoms with E-state index < -0.39 is 0 Å². The lowest BCUT2D eigenvalue weighted by Crippen LogP contribution is -2.06. The summed E-state index contributed by atoms with van der Waals surface area (Å²) in [5, 5.41) is 9.37. The first-order valence-electron chi connectivity index (χ1n) is 17.5. The summed E-state index contributed by atoms with van der Waals surface area (Å²) in [4.78, 5) is 0. The molecular formula is C48H35N. The van der Waals surface area contributed by atoms with Crippen LogP contribution >= 0.6 is 0 Å². The van der Waals surface area contributed by atoms with Crippen molar-refractivity contribution in [2.24, 2.45) is 0 Å². The molecule has 1 aliphatic carbocycles. The minimum atomic E-state index is 0.911. The predicted octanol–water partition coefficient (Wildman–Crippen LogP) is 12.4. The van der Waals surface area contributed by atoms with E-state index in [4.69, 9.17) is 0 Å². The topological polar surface area (TPSA) is 4.93 Å². The van der Waals surface area contributed by atoms with Crippen LogP contribution in [0.25, 0.3) is 71.3 Å². The number of rotatable bonds is 4. The van der Waals surface area contributed by atoms with Gasteiger partial charge in [-0.15, -0.1) is 0 Å². The Morgan fingerprint density at radius 3 is 1.90 bits per heavy atom. The van der Waals surface area contributed by atoms with Crippen molar-refractivity contribution in [2.75, 3.05) is 0 Å². The lowest BCUT2D eigenvalue weighted by atomic mass is 9.87. The van der Waals surface area contributed by atoms with Crippen LogP contribution < -0.4 is 0 Å². The Balaban J connectivity index is 1.22. The fourth-order valence-electron chi connectivity index (χ4n) is 8.69. The highest BCUT2D eigenvalue weighted by atomic mass is 15.0. The van der Waals surface area contributed by atoms with Crippen molar-refractivity contribution in [1.29, 1.82) is 0 Å². The molecule has 0 fully saturated rings. The molecule has 0 radical (unpaired) electrons. The Morgan fingerprint density at radius 1 is 0.510 bits per heavy atom. The number of fused-ring (bicyclic) bond motifs is 11. The second-order valence-electron chi connectivity index (χ2n) is 13.6. The maximum atomic E-state index is 2.58. The second-order valence-corrected chi connectivity index (χ2v) is 13.6. The molecule has 1 aliphatic rings. The van der Waals surface area contributed by atoms with Gasteiger partial charge in [0.2, 0.25) is 0 Å². The van der Waals surface area contributed by atoms with Gasteiger partial charge in [-0.25, -0.2) is 0 Å². The maximum absolute atomic E-state index is 2.58. The van der Waals surface area contributed by atoms with Gasteiger partial charge in [-0.3, -0.25) is 0 Å². The van der Waals surface area contributed by atoms with Crippen LogP contribution in [0.1, 0.15) is 27.8 Å². The van der Waals surface area contributed by atoms with Crippen LogP contribution in [-0.4, -0.2) is 4.57 Å². The SMILES string of the molecule is Cc1c(-c2ccc(-n3c4c(c5c6ccccc6c6ccccc6c53)CCc3ccccc3-4)cc2)cc(Cc2ccccc2)c2ccccc12. The van der Waals surface area contributed by atoms with Crippen LogP contribution in [-0.2, 0) is 19.3 Å². The lowest BCUT2D eigenvalue weighted by Gasteiger charge is -2.20. The second kappa shape index (κ2) is 11.1. The van der Waals surface area contributed by atoms with E-state index in [0.717, 1.165) is 19.3 Å². The molecule has 0 bridgehead atoms. The largest absolute Gasteiger partial charge is 0.308 e. The van der Waals surface area contributed by atoms with Gasteiger partial charge in [0.15, 0.2) is 0 Å². The molecule has 0 spiro atoms. The van der Waals surface area contributed by atoms with Gasteiger partial charge in [0, 0.05) is 22.0 Å². The van der Waals surface area contributed by atoms with Crippen LogP contribution in [0.15, 0.2) is 158 Å². The molecule has 1 heteroatoms. The van der Waals surface area contributed by atoms with Gasteiger partial charge in [0.25, 0.3) is 0 Å². The first kappa shape index (κ1) is 28.1. The van der Waals surface area contributed by atoms with E-state index in [0.29, 0.717) is 0 Å². The Bertz CT molecular complexity index is 2730. The smallest absolute Gasteiger partial charge is 0.0622 e. The molecule has 0 saturated heterocycles. The highest BCUT2D eigenvalue weighted by Crippen LogP contribution is 2.47. The highest BCUT2D eigenvalue weighted by Gasteiger charge is 2.28. The van der Waals surface area contributed by atoms with E-state index in [-0.39, 0.29) is 0 Å². The third-order valence-corrected chi connectivity index (χ3v) is 10.9. The van der Waals surface area contributed by atoms with Gasteiger partial charge in [0.05, 0.1) is 11.2 Å². The molecule has 9 aromatic rings. The zero-order valence-electron chi connectivity index (χ0n) is 27.6. The highest BCUT2D eigenvalue weighted by molar-refractivity contribution is 6.27. The Morgan fingerprint density at radius 2 is 1.12 bits per heavy atom. The molecule has 232 valence electrons. The predicted molar refractivity (Wildman–Crippen MR) is 208 cm³/mol. The third-order valence-electron chi connectivity index (χ3n) is 10.9. The van der Waals surface area contributed by atoms with Crippen molar-refractivity contribution in [3.63, 3.8) is 0 Å². The zero-order valence-corrected chi connectivity index (χ0v) is 27.6. The normalized spacial score (nSPS) is 12.5. The van der Waals surface area contributed by atoms with Gasteiger partial charge >= 0.3 is 0 Å². The van der Waals surface area contributed by atoms with Crippen molar-refractivity contribution >= 4 is 43.2 Å². The molecule has 0 unspecified atom stereocenters. The van der Waals surface area contributed by atoms with Crippen LogP contribution in [0, 0.1) is 6.92 Å². The molecule has 0 amide bonds. The number of benzene rings is 8. The summed E-state index contributed by atoms with van der Waals surface area (Å²) < 4.78 is 2.58. The van der Waals surface area contributed by atoms with Crippen LogP contribution in [0.4, 0.5) is 0 Å². The minimum Gasteiger partial charge on any atom is -0.308 e. The summed E-state index contributed by atoms with van der Waals surface area (Å²) in [6.07, 6.45) is 3.01. The zero-order chi connectivity index (χ0) is 32.5. The fraction of sp³-hybridized carbons (Fsp3) is 0.0833. The van der Waals surface area contributed by atoms with Crippen LogP contribution in [0.2, 0.25) is 0 Å². The standard InChI is InChI=1S/C48H35N/c1-31-37-16-7-8-17-38(37)35(29-32-13-3-2-4-14-32)30-45(31)34-23-26-36(27-24-34)49-47-39-18-6-5-15-33(39)25-28-44(47)46-42-21-11-9-19-40(42)41-20-10-12-22-43(41)48(46)49/h2-24,26-27,30H,25,28-29H2,1H3. The van der Waals surface area contributed by atoms with Crippen molar-refractivity contribution in [2.45, 2.75) is 26.2 Å². The first-order valence-corrected chi connectivity index (χ1v) is 17.5. The summed E-state index contributed by atoms with van der Waals surface area (Å²) in [7, 11) is 0. The monoisotopic (exact) mass is 625 g/mol. The maximum Gasteiger partial charge on any atom is 0.0622 e. The van der Waals surface area contributed by atoms with Crippen LogP contribution in [0.3, 0.4) is 0 Å². The quantitative estimate of drug-likeness (QED) is 0.172. The minimum absolute atomic E-state index is 0.911. The number of aryl methyl sites for hydroxylation is 3. The molecule has 1 aromatic heterocycles. The van der Waals surface area contributed by atoms with E-state index in [2.05, 4.69) is 169 Å². The molecular weight excluding hydrogens is 591 g/mol. The van der Waals surface area contributed by atoms with Crippen LogP contribution in [0.5, 0.6) is 0 Å². The van der Waals surface area contributed by atoms with Gasteiger partial charge in [-0.2, -0.15) is 0 Å². The van der Waals surface area contributed by atoms with Gasteiger partial charge in [0.1, 0.15) is 0 Å². The van der Waals surface area contributed by atoms with Crippen molar-refractivity contribution in [3.05, 3.63) is 186 Å². The molecule has 0 N–H and O–H groups in total. The summed E-state index contributed by atoms with van der Waals surface area (Å²) in [5.41, 5.74) is 14.7. The number of aromatic nitrogens is 1. The van der Waals surface area contributed by atoms with Crippen molar-refractivity contribution in [3.8, 4) is 28.1 Å². The molecule has 1 heterocycles. The number of hydrogen-bond donors (Lipinski definition) is 0. The Kier molecular flexibility index (Phi) is 6.36. The molecule has 0 saturated carbocycles. The van der Waals surface area contributed by atoms with Gasteiger partial charge in [-0.05, 0) is 110 Å². The molecule has 1 nitrogen and oxygen atoms in total. The molecule has 0 aliphatic heterocycles. The van der Waals surface area contributed by atoms with E-state index in [1.807, 2.05) is 0 Å². The Hall–Kier alpha value is -5.92. The summed E-state index contributed by atoms with van der Waals surface area (Å²) in [6.45, 7) is 2.28. The average Bonchev–Trinajstić information content (AvgIpc) is 3.53. The lowest BCUT2D eigenvalue weighted by molar-refractivity contribution is 0.934. The molecule has 0 atom stereocenters. The molecule has 8 aromatic carbocycles. The average molecular weight is 626 g/mol. The number of hydrogen-bond acceptors (Lipinski definition) is 0. The summed E-state index contributed by atoms with van der Waals surface area (Å²) >= 11 is 0. The fourth-order valence-corrected chi connectivity index (χ4v) is 8.69. The first-order chi connectivity index (χ1) is 24.2. The number of nitrogens with zero attached hydrogens (tertiary/aromatic N) is 1. The summed E-state index contributed by atoms with van der Waals surface area (Å²) in [5.74, 6) is 0.